The van der Waals surface area contributed by atoms with Gasteiger partial charge in [-0.2, -0.15) is 0 Å². The van der Waals surface area contributed by atoms with Crippen LogP contribution < -0.4 is 5.32 Å². The van der Waals surface area contributed by atoms with Gasteiger partial charge in [0.15, 0.2) is 11.7 Å². The predicted octanol–water partition coefficient (Wildman–Crippen LogP) is 1.32. The molecule has 3 heterocycles. The van der Waals surface area contributed by atoms with Crippen LogP contribution in [0.2, 0.25) is 0 Å². The molecule has 0 spiro atoms. The van der Waals surface area contributed by atoms with Crippen LogP contribution in [0.4, 0.5) is 5.69 Å². The van der Waals surface area contributed by atoms with Crippen molar-refractivity contribution in [3.8, 4) is 17.4 Å². The number of hydrogen-bond acceptors (Lipinski definition) is 7. The summed E-state index contributed by atoms with van der Waals surface area (Å²) in [5, 5.41) is 19.3. The van der Waals surface area contributed by atoms with Crippen molar-refractivity contribution in [2.45, 2.75) is 12.8 Å². The highest BCUT2D eigenvalue weighted by Crippen LogP contribution is 2.36. The van der Waals surface area contributed by atoms with Crippen molar-refractivity contribution in [2.75, 3.05) is 11.9 Å². The Kier molecular flexibility index (Phi) is 3.34. The number of esters is 1. The first-order valence-corrected chi connectivity index (χ1v) is 7.61. The number of aromatic nitrogens is 4. The van der Waals surface area contributed by atoms with Gasteiger partial charge in [0, 0.05) is 17.3 Å². The van der Waals surface area contributed by atoms with E-state index in [9.17, 15) is 14.7 Å². The molecule has 1 atom stereocenters. The van der Waals surface area contributed by atoms with Gasteiger partial charge in [-0.25, -0.2) is 4.98 Å². The van der Waals surface area contributed by atoms with Crippen LogP contribution in [0.1, 0.15) is 18.4 Å². The number of amides is 1. The fraction of sp³-hybridized carbons (Fsp3) is 0.188. The zero-order valence-corrected chi connectivity index (χ0v) is 13.1. The Bertz CT molecular complexity index is 996. The minimum absolute atomic E-state index is 0.182. The molecular weight excluding hydrogens is 326 g/mol. The maximum Gasteiger partial charge on any atom is 0.323 e. The largest absolute Gasteiger partial charge is 0.492 e. The molecule has 0 bridgehead atoms. The average molecular weight is 339 g/mol. The highest BCUT2D eigenvalue weighted by Gasteiger charge is 2.38. The first kappa shape index (κ1) is 15.1. The quantitative estimate of drug-likeness (QED) is 0.484. The lowest BCUT2D eigenvalue weighted by Crippen LogP contribution is -2.22. The Morgan fingerprint density at radius 2 is 2.16 bits per heavy atom. The van der Waals surface area contributed by atoms with Gasteiger partial charge in [-0.1, -0.05) is 0 Å². The van der Waals surface area contributed by atoms with E-state index in [0.717, 1.165) is 0 Å². The van der Waals surface area contributed by atoms with Crippen LogP contribution in [0.3, 0.4) is 0 Å². The van der Waals surface area contributed by atoms with Crippen molar-refractivity contribution < 1.29 is 19.4 Å². The van der Waals surface area contributed by atoms with E-state index in [0.29, 0.717) is 33.8 Å². The van der Waals surface area contributed by atoms with Crippen molar-refractivity contribution in [3.63, 3.8) is 0 Å². The molecule has 0 aliphatic carbocycles. The number of aromatic amines is 1. The molecule has 1 aromatic carbocycles. The second-order valence-electron chi connectivity index (χ2n) is 5.49. The summed E-state index contributed by atoms with van der Waals surface area (Å²) in [6, 6.07) is 6.38. The van der Waals surface area contributed by atoms with Gasteiger partial charge < -0.3 is 20.1 Å². The highest BCUT2D eigenvalue weighted by atomic mass is 16.5. The van der Waals surface area contributed by atoms with E-state index < -0.39 is 17.8 Å². The molecule has 126 valence electrons. The van der Waals surface area contributed by atoms with Gasteiger partial charge in [0.25, 0.3) is 0 Å². The third kappa shape index (κ3) is 2.45. The van der Waals surface area contributed by atoms with E-state index in [1.165, 1.54) is 6.07 Å². The van der Waals surface area contributed by atoms with Crippen molar-refractivity contribution in [1.29, 1.82) is 0 Å². The second kappa shape index (κ2) is 5.55. The predicted molar refractivity (Wildman–Crippen MR) is 86.8 cm³/mol. The fourth-order valence-electron chi connectivity index (χ4n) is 2.80. The molecule has 0 saturated heterocycles. The van der Waals surface area contributed by atoms with Crippen LogP contribution in [0.25, 0.3) is 22.6 Å². The van der Waals surface area contributed by atoms with Crippen LogP contribution >= 0.6 is 0 Å². The number of fused-ring (bicyclic) bond motifs is 2. The van der Waals surface area contributed by atoms with E-state index in [-0.39, 0.29) is 12.5 Å². The first-order chi connectivity index (χ1) is 12.1. The third-order valence-corrected chi connectivity index (χ3v) is 3.90. The first-order valence-electron chi connectivity index (χ1n) is 7.61. The summed E-state index contributed by atoms with van der Waals surface area (Å²) < 4.78 is 4.98. The maximum atomic E-state index is 12.1. The second-order valence-corrected chi connectivity index (χ2v) is 5.49. The Morgan fingerprint density at radius 3 is 2.88 bits per heavy atom. The third-order valence-electron chi connectivity index (χ3n) is 3.90. The lowest BCUT2D eigenvalue weighted by molar-refractivity contribution is -0.147. The van der Waals surface area contributed by atoms with Gasteiger partial charge in [0.2, 0.25) is 11.8 Å². The molecule has 1 aliphatic rings. The van der Waals surface area contributed by atoms with Crippen LogP contribution in [-0.4, -0.2) is 43.8 Å². The maximum absolute atomic E-state index is 12.1. The Hall–Kier alpha value is -3.49. The molecule has 4 rings (SSSR count). The molecule has 1 amide bonds. The number of imidazole rings is 1. The lowest BCUT2D eigenvalue weighted by atomic mass is 10.0. The van der Waals surface area contributed by atoms with E-state index in [4.69, 9.17) is 4.74 Å². The summed E-state index contributed by atoms with van der Waals surface area (Å²) in [4.78, 5) is 31.7. The number of anilines is 1. The number of H-pyrrole nitrogens is 1. The number of hydrogen-bond donors (Lipinski definition) is 3. The van der Waals surface area contributed by atoms with Gasteiger partial charge in [-0.3, -0.25) is 9.59 Å². The van der Waals surface area contributed by atoms with Crippen LogP contribution in [0.5, 0.6) is 5.88 Å². The molecule has 3 aromatic rings. The normalized spacial score (nSPS) is 15.9. The Labute approximate surface area is 141 Å². The minimum atomic E-state index is -0.993. The molecule has 1 unspecified atom stereocenters. The number of ether oxygens (including phenoxy) is 1. The molecule has 0 fully saturated rings. The minimum Gasteiger partial charge on any atom is -0.492 e. The summed E-state index contributed by atoms with van der Waals surface area (Å²) in [6.45, 7) is 1.89. The average Bonchev–Trinajstić information content (AvgIpc) is 3.12. The molecule has 9 heteroatoms. The Morgan fingerprint density at radius 1 is 1.32 bits per heavy atom. The fourth-order valence-corrected chi connectivity index (χ4v) is 2.80. The molecule has 3 N–H and O–H groups in total. The molecule has 9 nitrogen and oxygen atoms in total. The SMILES string of the molecule is CCOC(=O)C1C(=O)Nc2cc3[nH]c(-c4ccc(O)nn4)nc3cc21. The molecule has 25 heavy (non-hydrogen) atoms. The Balaban J connectivity index is 1.78. The summed E-state index contributed by atoms with van der Waals surface area (Å²) >= 11 is 0. The number of nitrogens with one attached hydrogen (secondary N) is 2. The van der Waals surface area contributed by atoms with E-state index in [2.05, 4.69) is 25.5 Å². The molecule has 0 radical (unpaired) electrons. The molecule has 2 aromatic heterocycles. The summed E-state index contributed by atoms with van der Waals surface area (Å²) in [5.41, 5.74) is 2.79. The number of carbonyl (C=O) groups is 2. The summed E-state index contributed by atoms with van der Waals surface area (Å²) in [7, 11) is 0. The number of benzene rings is 1. The van der Waals surface area contributed by atoms with Gasteiger partial charge in [-0.05, 0) is 25.1 Å². The number of carbonyl (C=O) groups excluding carboxylic acids is 2. The van der Waals surface area contributed by atoms with Crippen LogP contribution in [0, 0.1) is 0 Å². The lowest BCUT2D eigenvalue weighted by Gasteiger charge is -2.07. The van der Waals surface area contributed by atoms with E-state index >= 15 is 0 Å². The van der Waals surface area contributed by atoms with Crippen molar-refractivity contribution in [1.82, 2.24) is 20.2 Å². The summed E-state index contributed by atoms with van der Waals surface area (Å²) in [5.74, 6) is -1.71. The van der Waals surface area contributed by atoms with Crippen molar-refractivity contribution in [3.05, 3.63) is 29.8 Å². The van der Waals surface area contributed by atoms with Gasteiger partial charge in [0.1, 0.15) is 5.69 Å². The van der Waals surface area contributed by atoms with E-state index in [1.807, 2.05) is 0 Å². The van der Waals surface area contributed by atoms with Crippen molar-refractivity contribution in [2.24, 2.45) is 0 Å². The number of nitrogens with zero attached hydrogens (tertiary/aromatic N) is 3. The van der Waals surface area contributed by atoms with Gasteiger partial charge >= 0.3 is 5.97 Å². The van der Waals surface area contributed by atoms with Crippen LogP contribution in [-0.2, 0) is 14.3 Å². The zero-order valence-electron chi connectivity index (χ0n) is 13.1. The number of aromatic hydroxyl groups is 1. The van der Waals surface area contributed by atoms with Crippen molar-refractivity contribution >= 4 is 28.6 Å². The zero-order chi connectivity index (χ0) is 17.6. The molecular formula is C16H13N5O4. The number of rotatable bonds is 3. The standard InChI is InChI=1S/C16H13N5O4/c1-2-25-16(24)13-7-5-10-11(6-9(7)19-15(13)23)18-14(17-10)8-3-4-12(22)21-20-8/h3-6,13H,2H2,1H3,(H,17,18)(H,19,23)(H,21,22). The van der Waals surface area contributed by atoms with E-state index in [1.54, 1.807) is 25.1 Å². The van der Waals surface area contributed by atoms with Gasteiger partial charge in [0.05, 0.1) is 17.6 Å². The monoisotopic (exact) mass is 339 g/mol. The topological polar surface area (TPSA) is 130 Å². The molecule has 1 aliphatic heterocycles. The summed E-state index contributed by atoms with van der Waals surface area (Å²) in [6.07, 6.45) is 0. The highest BCUT2D eigenvalue weighted by molar-refractivity contribution is 6.16. The van der Waals surface area contributed by atoms with Crippen LogP contribution in [0.15, 0.2) is 24.3 Å². The smallest absolute Gasteiger partial charge is 0.323 e. The van der Waals surface area contributed by atoms with Gasteiger partial charge in [-0.15, -0.1) is 10.2 Å². The molecule has 0 saturated carbocycles.